The quantitative estimate of drug-likeness (QED) is 0.719. The summed E-state index contributed by atoms with van der Waals surface area (Å²) in [5.41, 5.74) is 3.25. The Hall–Kier alpha value is -2.96. The molecule has 7 heteroatoms. The number of aromatic amines is 1. The van der Waals surface area contributed by atoms with Gasteiger partial charge in [-0.15, -0.1) is 0 Å². The molecular formula is C23H29N5O2. The van der Waals surface area contributed by atoms with Crippen molar-refractivity contribution < 1.29 is 9.59 Å². The number of pyridine rings is 1. The molecule has 1 aliphatic carbocycles. The smallest absolute Gasteiger partial charge is 0.271 e. The number of allylic oxidation sites excluding steroid dienone is 1. The Bertz CT molecular complexity index is 905. The minimum atomic E-state index is -0.152. The number of H-pyrrole nitrogens is 1. The van der Waals surface area contributed by atoms with Crippen molar-refractivity contribution in [2.45, 2.75) is 44.9 Å². The van der Waals surface area contributed by atoms with Crippen LogP contribution in [0, 0.1) is 5.92 Å². The second-order valence-electron chi connectivity index (χ2n) is 8.12. The number of hydrogen-bond donors (Lipinski definition) is 2. The molecule has 0 radical (unpaired) electrons. The van der Waals surface area contributed by atoms with E-state index in [0.717, 1.165) is 31.4 Å². The highest BCUT2D eigenvalue weighted by Crippen LogP contribution is 2.22. The lowest BCUT2D eigenvalue weighted by Crippen LogP contribution is -2.45. The molecule has 3 heterocycles. The lowest BCUT2D eigenvalue weighted by Gasteiger charge is -2.31. The minimum absolute atomic E-state index is 0.0581. The highest BCUT2D eigenvalue weighted by Gasteiger charge is 2.29. The number of likely N-dealkylation sites (tertiary alicyclic amines) is 1. The average Bonchev–Trinajstić information content (AvgIpc) is 3.30. The van der Waals surface area contributed by atoms with Crippen LogP contribution in [0.1, 0.15) is 55.4 Å². The third-order valence-corrected chi connectivity index (χ3v) is 5.95. The Balaban J connectivity index is 1.31. The van der Waals surface area contributed by atoms with E-state index in [0.29, 0.717) is 31.0 Å². The maximum atomic E-state index is 12.9. The minimum Gasteiger partial charge on any atom is -0.355 e. The third kappa shape index (κ3) is 4.96. The van der Waals surface area contributed by atoms with E-state index in [1.807, 2.05) is 18.2 Å². The van der Waals surface area contributed by atoms with E-state index in [4.69, 9.17) is 0 Å². The van der Waals surface area contributed by atoms with Gasteiger partial charge in [-0.1, -0.05) is 17.7 Å². The number of rotatable bonds is 6. The van der Waals surface area contributed by atoms with Crippen LogP contribution in [0.4, 0.5) is 0 Å². The van der Waals surface area contributed by atoms with E-state index in [2.05, 4.69) is 26.6 Å². The molecule has 1 aliphatic heterocycles. The summed E-state index contributed by atoms with van der Waals surface area (Å²) >= 11 is 0. The molecule has 2 amide bonds. The van der Waals surface area contributed by atoms with E-state index in [9.17, 15) is 9.59 Å². The molecule has 1 atom stereocenters. The van der Waals surface area contributed by atoms with Crippen molar-refractivity contribution >= 4 is 11.8 Å². The molecular weight excluding hydrogens is 378 g/mol. The molecule has 0 spiro atoms. The van der Waals surface area contributed by atoms with Crippen LogP contribution in [0.25, 0.3) is 11.4 Å². The molecule has 158 valence electrons. The van der Waals surface area contributed by atoms with Crippen LogP contribution in [0.5, 0.6) is 0 Å². The maximum Gasteiger partial charge on any atom is 0.271 e. The highest BCUT2D eigenvalue weighted by molar-refractivity contribution is 5.93. The molecule has 0 saturated carbocycles. The Morgan fingerprint density at radius 1 is 1.20 bits per heavy atom. The summed E-state index contributed by atoms with van der Waals surface area (Å²) in [6.07, 6.45) is 11.5. The second-order valence-corrected chi connectivity index (χ2v) is 8.12. The van der Waals surface area contributed by atoms with Crippen molar-refractivity contribution in [1.82, 2.24) is 25.4 Å². The fourth-order valence-electron chi connectivity index (χ4n) is 4.25. The lowest BCUT2D eigenvalue weighted by atomic mass is 9.95. The van der Waals surface area contributed by atoms with Crippen LogP contribution in [0.3, 0.4) is 0 Å². The highest BCUT2D eigenvalue weighted by atomic mass is 16.2. The van der Waals surface area contributed by atoms with Gasteiger partial charge in [0.1, 0.15) is 11.4 Å². The van der Waals surface area contributed by atoms with Gasteiger partial charge in [0, 0.05) is 25.8 Å². The van der Waals surface area contributed by atoms with Gasteiger partial charge in [0.2, 0.25) is 5.91 Å². The van der Waals surface area contributed by atoms with Crippen molar-refractivity contribution in [1.29, 1.82) is 0 Å². The lowest BCUT2D eigenvalue weighted by molar-refractivity contribution is -0.126. The number of hydrogen-bond acceptors (Lipinski definition) is 4. The van der Waals surface area contributed by atoms with Gasteiger partial charge in [0.15, 0.2) is 0 Å². The summed E-state index contributed by atoms with van der Waals surface area (Å²) in [5, 5.41) is 10.1. The van der Waals surface area contributed by atoms with Gasteiger partial charge in [-0.05, 0) is 63.1 Å². The summed E-state index contributed by atoms with van der Waals surface area (Å²) in [6.45, 7) is 1.79. The first-order valence-corrected chi connectivity index (χ1v) is 10.9. The van der Waals surface area contributed by atoms with Crippen LogP contribution >= 0.6 is 0 Å². The number of carbonyl (C=O) groups is 2. The number of nitrogens with zero attached hydrogens (tertiary/aromatic N) is 3. The fourth-order valence-corrected chi connectivity index (χ4v) is 4.25. The van der Waals surface area contributed by atoms with E-state index >= 15 is 0 Å². The summed E-state index contributed by atoms with van der Waals surface area (Å²) < 4.78 is 0. The zero-order chi connectivity index (χ0) is 20.8. The van der Waals surface area contributed by atoms with Crippen molar-refractivity contribution in [3.05, 3.63) is 47.8 Å². The molecule has 30 heavy (non-hydrogen) atoms. The predicted octanol–water partition coefficient (Wildman–Crippen LogP) is 3.33. The molecule has 4 rings (SSSR count). The summed E-state index contributed by atoms with van der Waals surface area (Å²) in [6, 6.07) is 7.31. The van der Waals surface area contributed by atoms with E-state index < -0.39 is 0 Å². The van der Waals surface area contributed by atoms with Crippen molar-refractivity contribution in [3.63, 3.8) is 0 Å². The van der Waals surface area contributed by atoms with Crippen molar-refractivity contribution in [2.75, 3.05) is 19.6 Å². The first-order chi connectivity index (χ1) is 14.7. The summed E-state index contributed by atoms with van der Waals surface area (Å²) in [5.74, 6) is -0.210. The Labute approximate surface area is 177 Å². The number of amides is 2. The molecule has 1 saturated heterocycles. The average molecular weight is 408 g/mol. The molecule has 0 bridgehead atoms. The van der Waals surface area contributed by atoms with Crippen LogP contribution in [-0.2, 0) is 4.79 Å². The largest absolute Gasteiger partial charge is 0.355 e. The third-order valence-electron chi connectivity index (χ3n) is 5.95. The molecule has 0 aromatic carbocycles. The number of aromatic nitrogens is 3. The molecule has 2 aliphatic rings. The number of carbonyl (C=O) groups excluding carboxylic acids is 2. The Morgan fingerprint density at radius 3 is 2.93 bits per heavy atom. The second kappa shape index (κ2) is 9.69. The molecule has 2 N–H and O–H groups in total. The van der Waals surface area contributed by atoms with E-state index in [1.165, 1.54) is 24.8 Å². The van der Waals surface area contributed by atoms with Crippen LogP contribution in [-0.4, -0.2) is 51.5 Å². The van der Waals surface area contributed by atoms with Gasteiger partial charge in [0.05, 0.1) is 11.6 Å². The maximum absolute atomic E-state index is 12.9. The van der Waals surface area contributed by atoms with Gasteiger partial charge in [-0.25, -0.2) is 0 Å². The summed E-state index contributed by atoms with van der Waals surface area (Å²) in [7, 11) is 0. The predicted molar refractivity (Wildman–Crippen MR) is 115 cm³/mol. The first kappa shape index (κ1) is 20.3. The monoisotopic (exact) mass is 407 g/mol. The van der Waals surface area contributed by atoms with Gasteiger partial charge in [-0.3, -0.25) is 19.7 Å². The van der Waals surface area contributed by atoms with Gasteiger partial charge >= 0.3 is 0 Å². The van der Waals surface area contributed by atoms with Crippen LogP contribution in [0.2, 0.25) is 0 Å². The molecule has 7 nitrogen and oxygen atoms in total. The van der Waals surface area contributed by atoms with E-state index in [1.54, 1.807) is 17.2 Å². The zero-order valence-corrected chi connectivity index (χ0v) is 17.3. The topological polar surface area (TPSA) is 91.0 Å². The van der Waals surface area contributed by atoms with Crippen LogP contribution < -0.4 is 5.32 Å². The SMILES string of the molecule is O=C(NCCC1=CCCCC1)C1CCCN(C(=O)c2cc(-c3ccccn3)n[nH]2)C1. The Morgan fingerprint density at radius 2 is 2.13 bits per heavy atom. The molecule has 2 aromatic rings. The Kier molecular flexibility index (Phi) is 6.57. The van der Waals surface area contributed by atoms with E-state index in [-0.39, 0.29) is 17.7 Å². The molecule has 2 aromatic heterocycles. The number of nitrogens with one attached hydrogen (secondary N) is 2. The summed E-state index contributed by atoms with van der Waals surface area (Å²) in [4.78, 5) is 31.6. The van der Waals surface area contributed by atoms with Gasteiger partial charge in [-0.2, -0.15) is 5.10 Å². The number of piperidine rings is 1. The molecule has 1 fully saturated rings. The molecule has 1 unspecified atom stereocenters. The van der Waals surface area contributed by atoms with Crippen molar-refractivity contribution in [2.24, 2.45) is 5.92 Å². The van der Waals surface area contributed by atoms with Crippen LogP contribution in [0.15, 0.2) is 42.1 Å². The van der Waals surface area contributed by atoms with Gasteiger partial charge < -0.3 is 10.2 Å². The normalized spacial score (nSPS) is 19.3. The zero-order valence-electron chi connectivity index (χ0n) is 17.3. The van der Waals surface area contributed by atoms with Crippen molar-refractivity contribution in [3.8, 4) is 11.4 Å². The standard InChI is InChI=1S/C23H29N5O2/c29-22(25-13-11-17-7-2-1-3-8-17)18-9-6-14-28(16-18)23(30)21-15-20(26-27-21)19-10-4-5-12-24-19/h4-5,7,10,12,15,18H,1-3,6,8-9,11,13-14,16H2,(H,25,29)(H,26,27). The fraction of sp³-hybridized carbons (Fsp3) is 0.478. The van der Waals surface area contributed by atoms with Gasteiger partial charge in [0.25, 0.3) is 5.91 Å². The first-order valence-electron chi connectivity index (χ1n) is 10.9.